The Kier molecular flexibility index (Phi) is 15.1. The van der Waals surface area contributed by atoms with Crippen LogP contribution in [-0.2, 0) is 14.4 Å². The van der Waals surface area contributed by atoms with Crippen molar-refractivity contribution in [2.45, 2.75) is 102 Å². The minimum atomic E-state index is -0.900. The molecule has 0 aromatic heterocycles. The van der Waals surface area contributed by atoms with Gasteiger partial charge in [0.25, 0.3) is 0 Å². The lowest BCUT2D eigenvalue weighted by Gasteiger charge is -2.26. The highest BCUT2D eigenvalue weighted by Gasteiger charge is 2.23. The van der Waals surface area contributed by atoms with Crippen LogP contribution in [0, 0.1) is 11.8 Å². The lowest BCUT2D eigenvalue weighted by atomic mass is 9.81. The second kappa shape index (κ2) is 16.0. The summed E-state index contributed by atoms with van der Waals surface area (Å²) in [6.45, 7) is 2.01. The Morgan fingerprint density at radius 1 is 0.733 bits per heavy atom. The maximum Gasteiger partial charge on any atom is 0.320 e. The van der Waals surface area contributed by atoms with Gasteiger partial charge >= 0.3 is 17.9 Å². The summed E-state index contributed by atoms with van der Waals surface area (Å²) in [4.78, 5) is 30.7. The smallest absolute Gasteiger partial charge is 0.320 e. The average molecular weight is 432 g/mol. The molecule has 0 aliphatic heterocycles. The van der Waals surface area contributed by atoms with Gasteiger partial charge in [0.05, 0.1) is 0 Å². The van der Waals surface area contributed by atoms with E-state index in [-0.39, 0.29) is 0 Å². The molecule has 0 spiro atoms. The number of carboxylic acid groups (broad SMARTS) is 3. The Hall–Kier alpha value is -1.71. The number of carbonyl (C=O) groups is 3. The standard InChI is InChI=1S/C8H15NO2.C7H13NO2.C6H13NO2/c9-7(8(10)11)5-6-3-1-2-4-6;8-6(7(9)10)4-5-2-1-3-5;1-2-3-4-5(7)6(8)9/h6-7H,1-5,9H2,(H,10,11);5-6H,1-4,8H2,(H,9,10);5H,2-4,7H2,1H3,(H,8,9)/t7-;6-;5-/m000/s1. The molecule has 30 heavy (non-hydrogen) atoms. The number of aliphatic carboxylic acids is 3. The second-order valence-electron chi connectivity index (χ2n) is 8.40. The summed E-state index contributed by atoms with van der Waals surface area (Å²) in [6, 6.07) is -1.94. The van der Waals surface area contributed by atoms with E-state index in [4.69, 9.17) is 32.5 Å². The fourth-order valence-corrected chi connectivity index (χ4v) is 3.44. The molecule has 9 N–H and O–H groups in total. The number of hydrogen-bond acceptors (Lipinski definition) is 6. The number of hydrogen-bond donors (Lipinski definition) is 6. The van der Waals surface area contributed by atoms with E-state index in [1.54, 1.807) is 0 Å². The number of rotatable bonds is 10. The van der Waals surface area contributed by atoms with E-state index in [0.29, 0.717) is 31.1 Å². The number of carboxylic acids is 3. The van der Waals surface area contributed by atoms with E-state index in [9.17, 15) is 14.4 Å². The molecule has 0 aromatic rings. The first kappa shape index (κ1) is 28.3. The summed E-state index contributed by atoms with van der Waals surface area (Å²) in [6.07, 6.45) is 12.2. The highest BCUT2D eigenvalue weighted by atomic mass is 16.4. The van der Waals surface area contributed by atoms with Crippen LogP contribution in [0.3, 0.4) is 0 Å². The first-order valence-corrected chi connectivity index (χ1v) is 11.0. The zero-order chi connectivity index (χ0) is 23.1. The first-order valence-electron chi connectivity index (χ1n) is 11.0. The van der Waals surface area contributed by atoms with Crippen molar-refractivity contribution in [1.29, 1.82) is 0 Å². The van der Waals surface area contributed by atoms with Crippen LogP contribution < -0.4 is 17.2 Å². The Balaban J connectivity index is 0.000000423. The Morgan fingerprint density at radius 3 is 1.37 bits per heavy atom. The van der Waals surface area contributed by atoms with Gasteiger partial charge in [-0.25, -0.2) is 0 Å². The molecular formula is C21H41N3O6. The largest absolute Gasteiger partial charge is 0.480 e. The van der Waals surface area contributed by atoms with Crippen LogP contribution in [0.25, 0.3) is 0 Å². The quantitative estimate of drug-likeness (QED) is 0.301. The van der Waals surface area contributed by atoms with Crippen molar-refractivity contribution in [2.24, 2.45) is 29.0 Å². The summed E-state index contributed by atoms with van der Waals surface area (Å²) < 4.78 is 0. The maximum absolute atomic E-state index is 10.4. The predicted octanol–water partition coefficient (Wildman–Crippen LogP) is 2.16. The van der Waals surface area contributed by atoms with E-state index < -0.39 is 36.0 Å². The molecule has 0 radical (unpaired) electrons. The summed E-state index contributed by atoms with van der Waals surface area (Å²) >= 11 is 0. The molecule has 0 heterocycles. The van der Waals surface area contributed by atoms with Crippen molar-refractivity contribution in [2.75, 3.05) is 0 Å². The third-order valence-electron chi connectivity index (χ3n) is 5.69. The van der Waals surface area contributed by atoms with Crippen molar-refractivity contribution >= 4 is 17.9 Å². The highest BCUT2D eigenvalue weighted by molar-refractivity contribution is 5.73. The van der Waals surface area contributed by atoms with Gasteiger partial charge in [-0.15, -0.1) is 0 Å². The van der Waals surface area contributed by atoms with Crippen LogP contribution in [0.4, 0.5) is 0 Å². The third kappa shape index (κ3) is 13.5. The topological polar surface area (TPSA) is 190 Å². The predicted molar refractivity (Wildman–Crippen MR) is 115 cm³/mol. The SMILES string of the molecule is CCCC[C@H](N)C(=O)O.N[C@@H](CC1CCC1)C(=O)O.N[C@@H](CC1CCCC1)C(=O)O. The fourth-order valence-electron chi connectivity index (χ4n) is 3.44. The Morgan fingerprint density at radius 2 is 1.10 bits per heavy atom. The number of nitrogens with two attached hydrogens (primary N) is 3. The van der Waals surface area contributed by atoms with Crippen LogP contribution in [0.2, 0.25) is 0 Å². The van der Waals surface area contributed by atoms with Crippen LogP contribution in [0.5, 0.6) is 0 Å². The summed E-state index contributed by atoms with van der Waals surface area (Å²) in [5.41, 5.74) is 15.9. The molecule has 0 saturated heterocycles. The van der Waals surface area contributed by atoms with Crippen LogP contribution in [-0.4, -0.2) is 51.4 Å². The number of unbranched alkanes of at least 4 members (excludes halogenated alkanes) is 1. The van der Waals surface area contributed by atoms with Gasteiger partial charge in [0.2, 0.25) is 0 Å². The van der Waals surface area contributed by atoms with Crippen molar-refractivity contribution in [3.63, 3.8) is 0 Å². The zero-order valence-corrected chi connectivity index (χ0v) is 18.2. The van der Waals surface area contributed by atoms with Gasteiger partial charge in [0.15, 0.2) is 0 Å². The molecule has 2 fully saturated rings. The van der Waals surface area contributed by atoms with Gasteiger partial charge in [0.1, 0.15) is 18.1 Å². The van der Waals surface area contributed by atoms with Gasteiger partial charge < -0.3 is 32.5 Å². The van der Waals surface area contributed by atoms with Gasteiger partial charge in [-0.05, 0) is 31.1 Å². The van der Waals surface area contributed by atoms with E-state index in [2.05, 4.69) is 0 Å². The lowest BCUT2D eigenvalue weighted by Crippen LogP contribution is -2.33. The molecule has 2 rings (SSSR count). The second-order valence-corrected chi connectivity index (χ2v) is 8.40. The van der Waals surface area contributed by atoms with E-state index in [0.717, 1.165) is 12.8 Å². The molecule has 2 aliphatic rings. The average Bonchev–Trinajstić information content (AvgIpc) is 3.16. The molecule has 9 nitrogen and oxygen atoms in total. The molecule has 9 heteroatoms. The molecule has 0 unspecified atom stereocenters. The minimum Gasteiger partial charge on any atom is -0.480 e. The molecule has 0 bridgehead atoms. The molecule has 0 amide bonds. The third-order valence-corrected chi connectivity index (χ3v) is 5.69. The van der Waals surface area contributed by atoms with Gasteiger partial charge in [0, 0.05) is 0 Å². The lowest BCUT2D eigenvalue weighted by molar-refractivity contribution is -0.140. The molecule has 3 atom stereocenters. The monoisotopic (exact) mass is 431 g/mol. The van der Waals surface area contributed by atoms with Gasteiger partial charge in [-0.1, -0.05) is 64.7 Å². The molecule has 0 aromatic carbocycles. The van der Waals surface area contributed by atoms with Crippen molar-refractivity contribution in [3.8, 4) is 0 Å². The Labute approximate surface area is 179 Å². The molecule has 176 valence electrons. The van der Waals surface area contributed by atoms with Crippen molar-refractivity contribution in [3.05, 3.63) is 0 Å². The summed E-state index contributed by atoms with van der Waals surface area (Å²) in [7, 11) is 0. The first-order chi connectivity index (χ1) is 14.1. The van der Waals surface area contributed by atoms with Crippen molar-refractivity contribution in [1.82, 2.24) is 0 Å². The normalized spacial score (nSPS) is 19.2. The van der Waals surface area contributed by atoms with Crippen molar-refractivity contribution < 1.29 is 29.7 Å². The Bertz CT molecular complexity index is 507. The molecule has 2 aliphatic carbocycles. The van der Waals surface area contributed by atoms with Crippen LogP contribution >= 0.6 is 0 Å². The van der Waals surface area contributed by atoms with Crippen LogP contribution in [0.15, 0.2) is 0 Å². The van der Waals surface area contributed by atoms with Gasteiger partial charge in [-0.3, -0.25) is 14.4 Å². The van der Waals surface area contributed by atoms with E-state index in [1.165, 1.54) is 44.9 Å². The molecular weight excluding hydrogens is 390 g/mol. The van der Waals surface area contributed by atoms with E-state index in [1.807, 2.05) is 6.92 Å². The van der Waals surface area contributed by atoms with Crippen LogP contribution in [0.1, 0.15) is 84.0 Å². The fraction of sp³-hybridized carbons (Fsp3) is 0.857. The summed E-state index contributed by atoms with van der Waals surface area (Å²) in [5.74, 6) is -1.47. The minimum absolute atomic E-state index is 0.570. The maximum atomic E-state index is 10.4. The zero-order valence-electron chi connectivity index (χ0n) is 18.2. The molecule has 2 saturated carbocycles. The summed E-state index contributed by atoms with van der Waals surface area (Å²) in [5, 5.41) is 25.2. The van der Waals surface area contributed by atoms with Gasteiger partial charge in [-0.2, -0.15) is 0 Å². The highest BCUT2D eigenvalue weighted by Crippen LogP contribution is 2.30. The van der Waals surface area contributed by atoms with E-state index >= 15 is 0 Å².